The Kier molecular flexibility index (Phi) is 8.64. The second-order valence-corrected chi connectivity index (χ2v) is 9.49. The third kappa shape index (κ3) is 6.90. The van der Waals surface area contributed by atoms with Gasteiger partial charge in [0.05, 0.1) is 31.5 Å². The molecule has 2 N–H and O–H groups in total. The fourth-order valence-electron chi connectivity index (χ4n) is 3.48. The molecule has 0 radical (unpaired) electrons. The molecule has 3 aromatic rings. The van der Waals surface area contributed by atoms with Crippen LogP contribution in [0.4, 0.5) is 0 Å². The molecule has 0 aliphatic rings. The lowest BCUT2D eigenvalue weighted by molar-refractivity contribution is 0.0682. The lowest BCUT2D eigenvalue weighted by Crippen LogP contribution is -2.17. The number of halogens is 1. The third-order valence-corrected chi connectivity index (χ3v) is 5.77. The number of carboxylic acid groups (broad SMARTS) is 1. The van der Waals surface area contributed by atoms with E-state index in [4.69, 9.17) is 25.8 Å². The number of rotatable bonds is 11. The monoisotopic (exact) mass is 501 g/mol. The van der Waals surface area contributed by atoms with E-state index in [1.807, 2.05) is 51.1 Å². The van der Waals surface area contributed by atoms with Gasteiger partial charge in [-0.1, -0.05) is 44.5 Å². The third-order valence-electron chi connectivity index (χ3n) is 5.46. The Morgan fingerprint density at radius 1 is 1.06 bits per heavy atom. The predicted octanol–water partition coefficient (Wildman–Crippen LogP) is 4.92. The number of benzene rings is 2. The van der Waals surface area contributed by atoms with Gasteiger partial charge in [-0.05, 0) is 29.8 Å². The first-order valence-corrected chi connectivity index (χ1v) is 11.6. The molecule has 0 spiro atoms. The van der Waals surface area contributed by atoms with E-state index in [0.717, 1.165) is 28.3 Å². The van der Waals surface area contributed by atoms with Gasteiger partial charge in [-0.25, -0.2) is 4.79 Å². The van der Waals surface area contributed by atoms with Crippen molar-refractivity contribution < 1.29 is 24.1 Å². The number of methoxy groups -OCH3 is 2. The Labute approximate surface area is 210 Å². The summed E-state index contributed by atoms with van der Waals surface area (Å²) < 4.78 is 18.0. The average Bonchev–Trinajstić information content (AvgIpc) is 3.26. The van der Waals surface area contributed by atoms with Crippen molar-refractivity contribution in [2.24, 2.45) is 0 Å². The van der Waals surface area contributed by atoms with Crippen LogP contribution in [0.1, 0.15) is 48.1 Å². The summed E-state index contributed by atoms with van der Waals surface area (Å²) in [5.41, 5.74) is 2.61. The number of nitrogens with one attached hydrogen (secondary N) is 1. The van der Waals surface area contributed by atoms with Gasteiger partial charge in [0.2, 0.25) is 0 Å². The predicted molar refractivity (Wildman–Crippen MR) is 135 cm³/mol. The van der Waals surface area contributed by atoms with Crippen LogP contribution >= 0.6 is 11.6 Å². The summed E-state index contributed by atoms with van der Waals surface area (Å²) in [6, 6.07) is 12.9. The Hall–Kier alpha value is -3.23. The Morgan fingerprint density at radius 3 is 2.49 bits per heavy atom. The van der Waals surface area contributed by atoms with E-state index in [0.29, 0.717) is 23.9 Å². The molecular formula is C26H32ClN3O5. The van der Waals surface area contributed by atoms with Crippen LogP contribution in [0.2, 0.25) is 5.02 Å². The van der Waals surface area contributed by atoms with Crippen molar-refractivity contribution >= 4 is 17.6 Å². The number of carbonyl (C=O) groups is 1. The summed E-state index contributed by atoms with van der Waals surface area (Å²) in [6.45, 7) is 7.70. The van der Waals surface area contributed by atoms with Gasteiger partial charge in [0.15, 0.2) is 0 Å². The van der Waals surface area contributed by atoms with Crippen molar-refractivity contribution in [3.63, 3.8) is 0 Å². The van der Waals surface area contributed by atoms with Crippen LogP contribution in [0.5, 0.6) is 17.2 Å². The van der Waals surface area contributed by atoms with Crippen LogP contribution in [-0.2, 0) is 25.0 Å². The minimum absolute atomic E-state index is 0.136. The van der Waals surface area contributed by atoms with Crippen molar-refractivity contribution in [2.75, 3.05) is 20.8 Å². The van der Waals surface area contributed by atoms with Crippen LogP contribution < -0.4 is 19.5 Å². The molecule has 1 aromatic heterocycles. The van der Waals surface area contributed by atoms with E-state index in [1.165, 1.54) is 4.68 Å². The highest BCUT2D eigenvalue weighted by atomic mass is 35.5. The van der Waals surface area contributed by atoms with Gasteiger partial charge in [0.1, 0.15) is 29.5 Å². The van der Waals surface area contributed by atoms with Gasteiger partial charge < -0.3 is 24.6 Å². The fraction of sp³-hybridized carbons (Fsp3) is 0.385. The fourth-order valence-corrected chi connectivity index (χ4v) is 3.65. The lowest BCUT2D eigenvalue weighted by Gasteiger charge is -2.14. The minimum Gasteiger partial charge on any atom is -0.497 e. The number of aromatic nitrogens is 2. The maximum Gasteiger partial charge on any atom is 0.354 e. The molecule has 0 amide bonds. The normalized spacial score (nSPS) is 11.4. The van der Waals surface area contributed by atoms with Crippen LogP contribution in [0.15, 0.2) is 42.5 Å². The average molecular weight is 502 g/mol. The summed E-state index contributed by atoms with van der Waals surface area (Å²) in [5.74, 6) is 1.01. The lowest BCUT2D eigenvalue weighted by atomic mass is 9.92. The van der Waals surface area contributed by atoms with Gasteiger partial charge in [-0.3, -0.25) is 4.68 Å². The number of carboxylic acids is 1. The molecule has 188 valence electrons. The first kappa shape index (κ1) is 26.4. The molecule has 0 atom stereocenters. The molecule has 9 heteroatoms. The van der Waals surface area contributed by atoms with Crippen molar-refractivity contribution in [2.45, 2.75) is 45.8 Å². The molecule has 8 nitrogen and oxygen atoms in total. The van der Waals surface area contributed by atoms with Gasteiger partial charge >= 0.3 is 5.97 Å². The zero-order chi connectivity index (χ0) is 25.6. The molecule has 3 rings (SSSR count). The van der Waals surface area contributed by atoms with Crippen LogP contribution in [-0.4, -0.2) is 41.7 Å². The molecule has 0 fully saturated rings. The first-order valence-electron chi connectivity index (χ1n) is 11.3. The second kappa shape index (κ2) is 11.5. The Balaban J connectivity index is 1.60. The molecule has 0 aliphatic heterocycles. The molecule has 1 heterocycles. The van der Waals surface area contributed by atoms with E-state index >= 15 is 0 Å². The number of hydrogen-bond acceptors (Lipinski definition) is 6. The number of hydrogen-bond donors (Lipinski definition) is 2. The molecule has 0 saturated heterocycles. The number of nitrogens with zero attached hydrogens (tertiary/aromatic N) is 2. The maximum atomic E-state index is 11.6. The summed E-state index contributed by atoms with van der Waals surface area (Å²) in [5, 5.41) is 17.9. The zero-order valence-electron chi connectivity index (χ0n) is 20.7. The van der Waals surface area contributed by atoms with E-state index in [9.17, 15) is 9.90 Å². The van der Waals surface area contributed by atoms with Crippen molar-refractivity contribution in [3.05, 3.63) is 70.0 Å². The van der Waals surface area contributed by atoms with E-state index in [-0.39, 0.29) is 24.3 Å². The van der Waals surface area contributed by atoms with Crippen LogP contribution in [0, 0.1) is 0 Å². The van der Waals surface area contributed by atoms with Gasteiger partial charge in [0, 0.05) is 30.1 Å². The van der Waals surface area contributed by atoms with Gasteiger partial charge in [0.25, 0.3) is 0 Å². The number of ether oxygens (including phenoxy) is 3. The van der Waals surface area contributed by atoms with Gasteiger partial charge in [-0.15, -0.1) is 0 Å². The SMILES string of the molecule is COc1ccc(CNCc2ccc(Cl)c(OCCn3nc(C(C)(C)C)cc3C(=O)O)c2)c(OC)c1. The highest BCUT2D eigenvalue weighted by Crippen LogP contribution is 2.27. The van der Waals surface area contributed by atoms with E-state index in [2.05, 4.69) is 10.4 Å². The van der Waals surface area contributed by atoms with Crippen molar-refractivity contribution in [1.29, 1.82) is 0 Å². The molecular weight excluding hydrogens is 470 g/mol. The Morgan fingerprint density at radius 2 is 1.83 bits per heavy atom. The highest BCUT2D eigenvalue weighted by Gasteiger charge is 2.22. The quantitative estimate of drug-likeness (QED) is 0.385. The highest BCUT2D eigenvalue weighted by molar-refractivity contribution is 6.32. The second-order valence-electron chi connectivity index (χ2n) is 9.09. The molecule has 0 aliphatic carbocycles. The van der Waals surface area contributed by atoms with Crippen molar-refractivity contribution in [1.82, 2.24) is 15.1 Å². The molecule has 0 unspecified atom stereocenters. The standard InChI is InChI=1S/C26H32ClN3O5/c1-26(2,3)24-14-21(25(31)32)30(29-24)10-11-35-23-12-17(6-9-20(23)27)15-28-16-18-7-8-19(33-4)13-22(18)34-5/h6-9,12-14,28H,10-11,15-16H2,1-5H3,(H,31,32). The summed E-state index contributed by atoms with van der Waals surface area (Å²) in [4.78, 5) is 11.6. The van der Waals surface area contributed by atoms with Gasteiger partial charge in [-0.2, -0.15) is 5.10 Å². The molecule has 2 aromatic carbocycles. The topological polar surface area (TPSA) is 94.8 Å². The van der Waals surface area contributed by atoms with Crippen LogP contribution in [0.3, 0.4) is 0 Å². The molecule has 0 bridgehead atoms. The first-order chi connectivity index (χ1) is 16.6. The van der Waals surface area contributed by atoms with E-state index < -0.39 is 5.97 Å². The number of aromatic carboxylic acids is 1. The van der Waals surface area contributed by atoms with E-state index in [1.54, 1.807) is 26.4 Å². The minimum atomic E-state index is -1.02. The van der Waals surface area contributed by atoms with Crippen LogP contribution in [0.25, 0.3) is 0 Å². The zero-order valence-corrected chi connectivity index (χ0v) is 21.5. The van der Waals surface area contributed by atoms with Crippen molar-refractivity contribution in [3.8, 4) is 17.2 Å². The maximum absolute atomic E-state index is 11.6. The summed E-state index contributed by atoms with van der Waals surface area (Å²) in [7, 11) is 3.25. The summed E-state index contributed by atoms with van der Waals surface area (Å²) >= 11 is 6.33. The molecule has 0 saturated carbocycles. The summed E-state index contributed by atoms with van der Waals surface area (Å²) in [6.07, 6.45) is 0. The smallest absolute Gasteiger partial charge is 0.354 e. The largest absolute Gasteiger partial charge is 0.497 e. The Bertz CT molecular complexity index is 1170. The molecule has 35 heavy (non-hydrogen) atoms.